The number of amidine groups is 1. The number of ether oxygens (including phenoxy) is 1. The summed E-state index contributed by atoms with van der Waals surface area (Å²) >= 11 is 0. The van der Waals surface area contributed by atoms with Crippen LogP contribution >= 0.6 is 0 Å². The van der Waals surface area contributed by atoms with Crippen molar-refractivity contribution in [2.75, 3.05) is 0 Å². The zero-order valence-corrected chi connectivity index (χ0v) is 29.1. The Morgan fingerprint density at radius 3 is 2.35 bits per heavy atom. The molecule has 0 amide bonds. The molecule has 2 aliphatic heterocycles. The Hall–Kier alpha value is -4.99. The van der Waals surface area contributed by atoms with E-state index in [0.717, 1.165) is 51.3 Å². The van der Waals surface area contributed by atoms with Crippen LogP contribution in [0.25, 0.3) is 27.6 Å². The fourth-order valence-corrected chi connectivity index (χ4v) is 7.39. The third kappa shape index (κ3) is 5.05. The molecule has 9 rings (SSSR count). The molecule has 236 valence electrons. The first kappa shape index (κ1) is 30.3. The maximum atomic E-state index is 6.59. The first-order valence-electron chi connectivity index (χ1n) is 16.1. The Bertz CT molecular complexity index is 2380. The third-order valence-electron chi connectivity index (χ3n) is 9.37. The molecule has 0 unspecified atom stereocenters. The first-order valence-corrected chi connectivity index (χ1v) is 16.1. The number of pyridine rings is 1. The Balaban J connectivity index is 0.00000336. The summed E-state index contributed by atoms with van der Waals surface area (Å²) in [5.41, 5.74) is 11.1. The van der Waals surface area contributed by atoms with Crippen LogP contribution in [-0.2, 0) is 27.6 Å². The van der Waals surface area contributed by atoms with Gasteiger partial charge in [0.05, 0.1) is 17.6 Å². The molecule has 0 saturated carbocycles. The van der Waals surface area contributed by atoms with E-state index in [0.29, 0.717) is 11.5 Å². The molecule has 4 heterocycles. The van der Waals surface area contributed by atoms with Gasteiger partial charge in [0.25, 0.3) is 0 Å². The average molecular weight is 804 g/mol. The van der Waals surface area contributed by atoms with E-state index in [9.17, 15) is 0 Å². The van der Waals surface area contributed by atoms with Gasteiger partial charge < -0.3 is 19.2 Å². The largest absolute Gasteiger partial charge is 2.00 e. The SMILES string of the molecule is Cc1cc(Oc2[c-]c(-n3c4ccc(C)cc4c4cccnc43)cc(C)c2)[c-]c(C2=N[C@H](c3ccccc3)[C@@H]3c4ccccc4CN23)c1.[Pt+2]. The van der Waals surface area contributed by atoms with Crippen LogP contribution in [0.1, 0.15) is 51.0 Å². The monoisotopic (exact) mass is 803 g/mol. The van der Waals surface area contributed by atoms with Gasteiger partial charge in [-0.3, -0.25) is 0 Å². The fourth-order valence-electron chi connectivity index (χ4n) is 7.39. The smallest absolute Gasteiger partial charge is 0.503 e. The summed E-state index contributed by atoms with van der Waals surface area (Å²) in [4.78, 5) is 12.6. The van der Waals surface area contributed by atoms with Gasteiger partial charge in [0.1, 0.15) is 5.65 Å². The Morgan fingerprint density at radius 2 is 1.50 bits per heavy atom. The summed E-state index contributed by atoms with van der Waals surface area (Å²) in [6, 6.07) is 45.7. The Labute approximate surface area is 294 Å². The second-order valence-electron chi connectivity index (χ2n) is 12.8. The predicted octanol–water partition coefficient (Wildman–Crippen LogP) is 9.55. The van der Waals surface area contributed by atoms with Crippen molar-refractivity contribution in [1.82, 2.24) is 14.5 Å². The van der Waals surface area contributed by atoms with Crippen LogP contribution in [0.5, 0.6) is 11.5 Å². The van der Waals surface area contributed by atoms with Gasteiger partial charge in [-0.1, -0.05) is 97.9 Å². The quantitative estimate of drug-likeness (QED) is 0.163. The second kappa shape index (κ2) is 11.9. The van der Waals surface area contributed by atoms with Gasteiger partial charge in [-0.25, -0.2) is 4.98 Å². The molecule has 5 nitrogen and oxygen atoms in total. The van der Waals surface area contributed by atoms with E-state index >= 15 is 0 Å². The number of rotatable bonds is 5. The van der Waals surface area contributed by atoms with Gasteiger partial charge in [0.15, 0.2) is 0 Å². The minimum Gasteiger partial charge on any atom is -0.503 e. The van der Waals surface area contributed by atoms with Gasteiger partial charge >= 0.3 is 21.1 Å². The van der Waals surface area contributed by atoms with Crippen molar-refractivity contribution in [2.45, 2.75) is 39.4 Å². The average Bonchev–Trinajstić information content (AvgIpc) is 3.73. The van der Waals surface area contributed by atoms with E-state index < -0.39 is 0 Å². The third-order valence-corrected chi connectivity index (χ3v) is 9.37. The molecule has 0 radical (unpaired) electrons. The topological polar surface area (TPSA) is 42.6 Å². The molecule has 7 aromatic rings. The minimum absolute atomic E-state index is 0. The van der Waals surface area contributed by atoms with Crippen molar-refractivity contribution in [3.05, 3.63) is 166 Å². The van der Waals surface area contributed by atoms with E-state index in [-0.39, 0.29) is 33.1 Å². The molecule has 0 bridgehead atoms. The molecule has 2 atom stereocenters. The molecule has 5 aromatic carbocycles. The van der Waals surface area contributed by atoms with Crippen LogP contribution in [0, 0.1) is 32.9 Å². The van der Waals surface area contributed by atoms with Gasteiger partial charge in [-0.05, 0) is 47.9 Å². The molecule has 0 aliphatic carbocycles. The van der Waals surface area contributed by atoms with Gasteiger partial charge in [-0.15, -0.1) is 35.4 Å². The van der Waals surface area contributed by atoms with Gasteiger partial charge in [-0.2, -0.15) is 5.56 Å². The van der Waals surface area contributed by atoms with E-state index in [4.69, 9.17) is 14.7 Å². The van der Waals surface area contributed by atoms with Gasteiger partial charge in [0, 0.05) is 40.8 Å². The number of aromatic nitrogens is 2. The number of aryl methyl sites for hydroxylation is 3. The number of hydrogen-bond donors (Lipinski definition) is 0. The fraction of sp³-hybridized carbons (Fsp3) is 0.143. The van der Waals surface area contributed by atoms with E-state index in [2.05, 4.69) is 133 Å². The molecular weight excluding hydrogens is 772 g/mol. The van der Waals surface area contributed by atoms with Crippen molar-refractivity contribution in [1.29, 1.82) is 0 Å². The Morgan fingerprint density at radius 1 is 0.729 bits per heavy atom. The minimum atomic E-state index is 0. The molecule has 0 spiro atoms. The summed E-state index contributed by atoms with van der Waals surface area (Å²) in [5.74, 6) is 2.23. The Kier molecular flexibility index (Phi) is 7.53. The number of nitrogens with zero attached hydrogens (tertiary/aromatic N) is 4. The molecular formula is C42H32N4OPt. The second-order valence-corrected chi connectivity index (χ2v) is 12.8. The van der Waals surface area contributed by atoms with Crippen LogP contribution in [0.15, 0.2) is 120 Å². The molecule has 0 N–H and O–H groups in total. The zero-order chi connectivity index (χ0) is 31.6. The van der Waals surface area contributed by atoms with E-state index in [1.54, 1.807) is 0 Å². The summed E-state index contributed by atoms with van der Waals surface area (Å²) in [6.45, 7) is 7.13. The van der Waals surface area contributed by atoms with Crippen molar-refractivity contribution >= 4 is 27.8 Å². The maximum Gasteiger partial charge on any atom is 2.00 e. The molecule has 6 heteroatoms. The maximum absolute atomic E-state index is 6.59. The predicted molar refractivity (Wildman–Crippen MR) is 187 cm³/mol. The van der Waals surface area contributed by atoms with E-state index in [1.165, 1.54) is 27.6 Å². The van der Waals surface area contributed by atoms with Gasteiger partial charge in [0.2, 0.25) is 0 Å². The summed E-state index contributed by atoms with van der Waals surface area (Å²) in [7, 11) is 0. The number of fused-ring (bicyclic) bond motifs is 6. The molecule has 0 saturated heterocycles. The molecule has 48 heavy (non-hydrogen) atoms. The summed E-state index contributed by atoms with van der Waals surface area (Å²) in [5, 5.41) is 2.30. The summed E-state index contributed by atoms with van der Waals surface area (Å²) < 4.78 is 8.77. The normalized spacial score (nSPS) is 16.5. The van der Waals surface area contributed by atoms with Crippen molar-refractivity contribution in [3.8, 4) is 17.2 Å². The molecule has 2 aliphatic rings. The van der Waals surface area contributed by atoms with Crippen LogP contribution in [0.2, 0.25) is 0 Å². The number of benzene rings is 5. The summed E-state index contributed by atoms with van der Waals surface area (Å²) in [6.07, 6.45) is 1.85. The zero-order valence-electron chi connectivity index (χ0n) is 26.8. The van der Waals surface area contributed by atoms with Crippen LogP contribution in [0.3, 0.4) is 0 Å². The molecule has 2 aromatic heterocycles. The van der Waals surface area contributed by atoms with E-state index in [1.807, 2.05) is 24.4 Å². The van der Waals surface area contributed by atoms with Crippen molar-refractivity contribution < 1.29 is 25.8 Å². The van der Waals surface area contributed by atoms with Crippen LogP contribution < -0.4 is 4.74 Å². The van der Waals surface area contributed by atoms with Crippen LogP contribution in [0.4, 0.5) is 0 Å². The van der Waals surface area contributed by atoms with Crippen LogP contribution in [-0.4, -0.2) is 20.3 Å². The molecule has 0 fully saturated rings. The van der Waals surface area contributed by atoms with Crippen molar-refractivity contribution in [3.63, 3.8) is 0 Å². The standard InChI is InChI=1S/C42H32N4O.Pt/c1-26-15-16-38-37(22-26)36-14-9-17-43-42(36)46(38)32-19-28(3)21-34(24-32)47-33-20-27(2)18-31(23-33)41-44-39(29-10-5-4-6-11-29)40-35-13-8-7-12-30(35)25-45(40)41;/h4-22,39-40H,25H2,1-3H3;/q-2;+2/t39-,40+;/m1./s1. The number of hydrogen-bond acceptors (Lipinski definition) is 4. The number of aliphatic imine (C=N–C) groups is 1. The first-order chi connectivity index (χ1) is 23.0. The van der Waals surface area contributed by atoms with Crippen molar-refractivity contribution in [2.24, 2.45) is 4.99 Å².